The number of para-hydroxylation sites is 1. The minimum Gasteiger partial charge on any atom is -0.454 e. The van der Waals surface area contributed by atoms with Gasteiger partial charge in [0.2, 0.25) is 5.91 Å². The summed E-state index contributed by atoms with van der Waals surface area (Å²) in [5.41, 5.74) is 5.65. The number of carbonyl (C=O) groups excluding carboxylic acids is 2. The fraction of sp³-hybridized carbons (Fsp3) is 0.120. The fourth-order valence-electron chi connectivity index (χ4n) is 3.71. The molecule has 0 radical (unpaired) electrons. The molecule has 2 heterocycles. The highest BCUT2D eigenvalue weighted by molar-refractivity contribution is 6.02. The Labute approximate surface area is 198 Å². The first kappa shape index (κ1) is 22.2. The Bertz CT molecular complexity index is 1450. The summed E-state index contributed by atoms with van der Waals surface area (Å²) in [4.78, 5) is 32.5. The zero-order valence-corrected chi connectivity index (χ0v) is 18.2. The molecule has 0 aliphatic heterocycles. The number of carbonyl (C=O) groups is 2. The lowest BCUT2D eigenvalue weighted by Gasteiger charge is -2.13. The zero-order chi connectivity index (χ0) is 24.6. The van der Waals surface area contributed by atoms with Gasteiger partial charge in [0.25, 0.3) is 5.91 Å². The van der Waals surface area contributed by atoms with E-state index in [4.69, 9.17) is 10.5 Å². The highest BCUT2D eigenvalue weighted by atomic mass is 19.1. The van der Waals surface area contributed by atoms with Gasteiger partial charge < -0.3 is 20.4 Å². The summed E-state index contributed by atoms with van der Waals surface area (Å²) < 4.78 is 35.7. The van der Waals surface area contributed by atoms with Gasteiger partial charge in [-0.15, -0.1) is 0 Å². The number of aromatic nitrogens is 3. The number of primary amides is 1. The minimum absolute atomic E-state index is 0.0294. The van der Waals surface area contributed by atoms with Crippen LogP contribution < -0.4 is 15.8 Å². The molecule has 35 heavy (non-hydrogen) atoms. The Balaban J connectivity index is 1.28. The van der Waals surface area contributed by atoms with Crippen molar-refractivity contribution in [2.45, 2.75) is 18.3 Å². The molecule has 0 unspecified atom stereocenters. The lowest BCUT2D eigenvalue weighted by atomic mass is 10.0. The van der Waals surface area contributed by atoms with Crippen LogP contribution in [-0.2, 0) is 10.2 Å². The summed E-state index contributed by atoms with van der Waals surface area (Å²) in [6.07, 6.45) is 5.39. The molecule has 0 spiro atoms. The Morgan fingerprint density at radius 3 is 2.54 bits per heavy atom. The number of hydrogen-bond acceptors (Lipinski definition) is 5. The van der Waals surface area contributed by atoms with E-state index in [2.05, 4.69) is 15.3 Å². The first-order chi connectivity index (χ1) is 16.9. The molecule has 1 aliphatic carbocycles. The van der Waals surface area contributed by atoms with Crippen molar-refractivity contribution in [3.63, 3.8) is 0 Å². The number of amides is 2. The number of anilines is 1. The molecule has 3 N–H and O–H groups in total. The number of rotatable bonds is 7. The third-order valence-corrected chi connectivity index (χ3v) is 5.81. The van der Waals surface area contributed by atoms with E-state index in [0.717, 1.165) is 6.07 Å². The van der Waals surface area contributed by atoms with Crippen LogP contribution in [0.2, 0.25) is 0 Å². The summed E-state index contributed by atoms with van der Waals surface area (Å²) in [6, 6.07) is 13.1. The molecule has 8 nitrogen and oxygen atoms in total. The largest absolute Gasteiger partial charge is 0.454 e. The van der Waals surface area contributed by atoms with Gasteiger partial charge in [0.1, 0.15) is 23.6 Å². The fourth-order valence-corrected chi connectivity index (χ4v) is 3.71. The van der Waals surface area contributed by atoms with E-state index in [1.807, 2.05) is 0 Å². The predicted octanol–water partition coefficient (Wildman–Crippen LogP) is 4.11. The predicted molar refractivity (Wildman–Crippen MR) is 122 cm³/mol. The van der Waals surface area contributed by atoms with E-state index in [0.29, 0.717) is 24.3 Å². The van der Waals surface area contributed by atoms with Crippen molar-refractivity contribution in [1.29, 1.82) is 0 Å². The van der Waals surface area contributed by atoms with E-state index >= 15 is 0 Å². The van der Waals surface area contributed by atoms with Crippen LogP contribution in [0.5, 0.6) is 11.5 Å². The number of benzene rings is 2. The summed E-state index contributed by atoms with van der Waals surface area (Å²) in [6.45, 7) is 0. The van der Waals surface area contributed by atoms with Crippen molar-refractivity contribution in [2.75, 3.05) is 5.32 Å². The Morgan fingerprint density at radius 2 is 1.83 bits per heavy atom. The van der Waals surface area contributed by atoms with Gasteiger partial charge in [-0.2, -0.15) is 0 Å². The quantitative estimate of drug-likeness (QED) is 0.418. The van der Waals surface area contributed by atoms with Crippen molar-refractivity contribution < 1.29 is 23.1 Å². The standard InChI is InChI=1S/C25H19F2N5O3/c26-17-3-1-2-4-20(17)32-13-19(30-14-32)23(33)31-15-5-6-21(18(27)11-15)35-16-7-10-29-22(12-16)25(8-9-25)24(28)34/h1-7,10-14H,8-9H2,(H2,28,34)(H,31,33). The number of imidazole rings is 1. The molecule has 2 aromatic carbocycles. The van der Waals surface area contributed by atoms with Crippen LogP contribution in [0.1, 0.15) is 29.0 Å². The van der Waals surface area contributed by atoms with Crippen LogP contribution >= 0.6 is 0 Å². The number of hydrogen-bond donors (Lipinski definition) is 2. The average molecular weight is 475 g/mol. The Morgan fingerprint density at radius 1 is 1.03 bits per heavy atom. The van der Waals surface area contributed by atoms with Gasteiger partial charge >= 0.3 is 0 Å². The molecular formula is C25H19F2N5O3. The van der Waals surface area contributed by atoms with Gasteiger partial charge in [0, 0.05) is 30.2 Å². The number of halogens is 2. The first-order valence-electron chi connectivity index (χ1n) is 10.7. The van der Waals surface area contributed by atoms with E-state index in [-0.39, 0.29) is 22.8 Å². The third-order valence-electron chi connectivity index (χ3n) is 5.81. The second-order valence-corrected chi connectivity index (χ2v) is 8.14. The molecule has 1 aliphatic rings. The molecule has 5 rings (SSSR count). The molecular weight excluding hydrogens is 456 g/mol. The summed E-state index contributed by atoms with van der Waals surface area (Å²) in [5.74, 6) is -1.99. The van der Waals surface area contributed by atoms with E-state index < -0.39 is 28.9 Å². The van der Waals surface area contributed by atoms with E-state index in [1.54, 1.807) is 30.3 Å². The number of nitrogens with two attached hydrogens (primary N) is 1. The molecule has 10 heteroatoms. The van der Waals surface area contributed by atoms with Gasteiger partial charge in [-0.25, -0.2) is 13.8 Å². The highest BCUT2D eigenvalue weighted by Gasteiger charge is 2.51. The van der Waals surface area contributed by atoms with Crippen LogP contribution in [0, 0.1) is 11.6 Å². The maximum atomic E-state index is 14.7. The summed E-state index contributed by atoms with van der Waals surface area (Å²) in [7, 11) is 0. The van der Waals surface area contributed by atoms with Crippen molar-refractivity contribution in [2.24, 2.45) is 5.73 Å². The molecule has 2 amide bonds. The number of nitrogens with one attached hydrogen (secondary N) is 1. The van der Waals surface area contributed by atoms with E-state index in [9.17, 15) is 18.4 Å². The van der Waals surface area contributed by atoms with Crippen LogP contribution in [0.4, 0.5) is 14.5 Å². The molecule has 2 aromatic heterocycles. The Kier molecular flexibility index (Phi) is 5.48. The average Bonchev–Trinajstić information content (AvgIpc) is 3.52. The maximum Gasteiger partial charge on any atom is 0.275 e. The lowest BCUT2D eigenvalue weighted by molar-refractivity contribution is -0.120. The van der Waals surface area contributed by atoms with Crippen LogP contribution in [0.15, 0.2) is 73.3 Å². The molecule has 4 aromatic rings. The highest BCUT2D eigenvalue weighted by Crippen LogP contribution is 2.47. The third kappa shape index (κ3) is 4.33. The molecule has 0 saturated heterocycles. The topological polar surface area (TPSA) is 112 Å². The lowest BCUT2D eigenvalue weighted by Crippen LogP contribution is -2.29. The van der Waals surface area contributed by atoms with Gasteiger partial charge in [-0.05, 0) is 43.2 Å². The van der Waals surface area contributed by atoms with Crippen LogP contribution in [-0.4, -0.2) is 26.3 Å². The van der Waals surface area contributed by atoms with Gasteiger partial charge in [-0.1, -0.05) is 12.1 Å². The van der Waals surface area contributed by atoms with Crippen LogP contribution in [0.25, 0.3) is 5.69 Å². The van der Waals surface area contributed by atoms with Crippen molar-refractivity contribution >= 4 is 17.5 Å². The maximum absolute atomic E-state index is 14.7. The zero-order valence-electron chi connectivity index (χ0n) is 18.2. The van der Waals surface area contributed by atoms with Gasteiger partial charge in [0.05, 0.1) is 16.8 Å². The molecule has 0 bridgehead atoms. The van der Waals surface area contributed by atoms with Crippen molar-refractivity contribution in [1.82, 2.24) is 14.5 Å². The molecule has 1 saturated carbocycles. The number of nitrogens with zero attached hydrogens (tertiary/aromatic N) is 3. The van der Waals surface area contributed by atoms with E-state index in [1.165, 1.54) is 41.5 Å². The van der Waals surface area contributed by atoms with Crippen molar-refractivity contribution in [3.05, 3.63) is 96.3 Å². The number of ether oxygens (including phenoxy) is 1. The normalized spacial score (nSPS) is 13.8. The second kappa shape index (κ2) is 8.64. The summed E-state index contributed by atoms with van der Waals surface area (Å²) in [5, 5.41) is 2.55. The van der Waals surface area contributed by atoms with Gasteiger partial charge in [-0.3, -0.25) is 14.6 Å². The smallest absolute Gasteiger partial charge is 0.275 e. The first-order valence-corrected chi connectivity index (χ1v) is 10.7. The molecule has 1 fully saturated rings. The molecule has 176 valence electrons. The minimum atomic E-state index is -0.786. The SMILES string of the molecule is NC(=O)C1(c2cc(Oc3ccc(NC(=O)c4cn(-c5ccccc5F)cn4)cc3F)ccn2)CC1. The summed E-state index contributed by atoms with van der Waals surface area (Å²) >= 11 is 0. The van der Waals surface area contributed by atoms with Crippen LogP contribution in [0.3, 0.4) is 0 Å². The van der Waals surface area contributed by atoms with Gasteiger partial charge in [0.15, 0.2) is 11.6 Å². The molecule has 0 atom stereocenters. The Hall–Kier alpha value is -4.60. The van der Waals surface area contributed by atoms with Crippen molar-refractivity contribution in [3.8, 4) is 17.2 Å². The second-order valence-electron chi connectivity index (χ2n) is 8.14. The monoisotopic (exact) mass is 475 g/mol. The number of pyridine rings is 1.